The number of amides is 4. The van der Waals surface area contributed by atoms with E-state index in [1.165, 1.54) is 25.5 Å². The molecule has 0 aliphatic carbocycles. The highest BCUT2D eigenvalue weighted by atomic mass is 31.2. The van der Waals surface area contributed by atoms with Crippen LogP contribution in [0.3, 0.4) is 0 Å². The number of carbonyl (C=O) groups is 4. The SMILES string of the molecule is CC(C)C[C@@H](NC(=O)[C@@H](Cc1ccccc1)NC(=O)c1c[nH+]ccn1)B1Oc2ccc(N(C)C(=O)OCCCC(=O)NC(P(=O)([O-])O)P(=O)(O)O)cc2O1. The standard InChI is InChI=1S/C32H41BN6O13P2/c1-20(2)16-27(37-29(41)23(17-21-8-5-4-6-9-21)36-30(42)24-19-34-13-14-35-24)33-51-25-12-11-22(18-26(25)52-33)39(3)32(43)50-15-7-10-28(40)38-31(53(44,45)46)54(47,48)49/h4-6,8-9,11-14,18-20,23,27,31H,7,10,15-17H2,1-3H3,(H,36,42)(H,37,41)(H,38,40)(H2,44,45,46)(H2,47,48,49)/t23-,27-/m1/s1. The number of nitrogens with zero attached hydrogens (tertiary/aromatic N) is 2. The van der Waals surface area contributed by atoms with Crippen LogP contribution in [0.1, 0.15) is 49.2 Å². The molecule has 1 aliphatic heterocycles. The van der Waals surface area contributed by atoms with Crippen LogP contribution in [0.2, 0.25) is 0 Å². The van der Waals surface area contributed by atoms with Crippen molar-refractivity contribution in [3.05, 3.63) is 78.4 Å². The fraction of sp³-hybridized carbons (Fsp3) is 0.375. The zero-order valence-electron chi connectivity index (χ0n) is 29.5. The molecule has 1 aliphatic rings. The number of benzene rings is 2. The van der Waals surface area contributed by atoms with Gasteiger partial charge >= 0.3 is 20.8 Å². The van der Waals surface area contributed by atoms with Gasteiger partial charge in [-0.05, 0) is 36.5 Å². The second kappa shape index (κ2) is 18.5. The summed E-state index contributed by atoms with van der Waals surface area (Å²) in [6, 6.07) is 12.9. The van der Waals surface area contributed by atoms with Crippen molar-refractivity contribution in [1.29, 1.82) is 0 Å². The third-order valence-electron chi connectivity index (χ3n) is 7.89. The Morgan fingerprint density at radius 2 is 1.72 bits per heavy atom. The Balaban J connectivity index is 1.37. The lowest BCUT2D eigenvalue weighted by Crippen LogP contribution is -2.57. The molecular weight excluding hydrogens is 749 g/mol. The Labute approximate surface area is 310 Å². The number of hydrogen-bond donors (Lipinski definition) is 6. The third kappa shape index (κ3) is 12.1. The summed E-state index contributed by atoms with van der Waals surface area (Å²) in [5, 5.41) is 7.34. The van der Waals surface area contributed by atoms with Crippen molar-refractivity contribution in [2.45, 2.75) is 57.0 Å². The zero-order chi connectivity index (χ0) is 39.6. The predicted molar refractivity (Wildman–Crippen MR) is 190 cm³/mol. The van der Waals surface area contributed by atoms with Gasteiger partial charge in [0.05, 0.1) is 24.4 Å². The summed E-state index contributed by atoms with van der Waals surface area (Å²) in [4.78, 5) is 98.1. The highest BCUT2D eigenvalue weighted by molar-refractivity contribution is 7.70. The monoisotopic (exact) mass is 790 g/mol. The molecule has 4 rings (SSSR count). The van der Waals surface area contributed by atoms with Gasteiger partial charge in [-0.15, -0.1) is 0 Å². The normalized spacial score (nSPS) is 15.0. The molecule has 1 aromatic heterocycles. The summed E-state index contributed by atoms with van der Waals surface area (Å²) in [7, 11) is -10.6. The van der Waals surface area contributed by atoms with Crippen molar-refractivity contribution in [2.24, 2.45) is 5.92 Å². The number of rotatable bonds is 17. The molecule has 2 unspecified atom stereocenters. The summed E-state index contributed by atoms with van der Waals surface area (Å²) >= 11 is 0. The number of anilines is 1. The average Bonchev–Trinajstić information content (AvgIpc) is 3.55. The Morgan fingerprint density at radius 3 is 2.35 bits per heavy atom. The molecule has 2 aromatic carbocycles. The molecule has 0 fully saturated rings. The van der Waals surface area contributed by atoms with Crippen molar-refractivity contribution in [3.8, 4) is 11.5 Å². The van der Waals surface area contributed by atoms with Crippen LogP contribution < -0.4 is 40.0 Å². The number of ether oxygens (including phenoxy) is 1. The van der Waals surface area contributed by atoms with Crippen molar-refractivity contribution in [1.82, 2.24) is 20.9 Å². The van der Waals surface area contributed by atoms with E-state index in [4.69, 9.17) is 28.7 Å². The topological polar surface area (TPSA) is 280 Å². The highest BCUT2D eigenvalue weighted by Gasteiger charge is 2.43. The van der Waals surface area contributed by atoms with Gasteiger partial charge in [0.15, 0.2) is 31.2 Å². The molecule has 0 saturated heterocycles. The van der Waals surface area contributed by atoms with Crippen LogP contribution in [0.25, 0.3) is 0 Å². The number of hydrogen-bond acceptors (Lipinski definition) is 11. The second-order valence-electron chi connectivity index (χ2n) is 12.7. The van der Waals surface area contributed by atoms with E-state index in [1.807, 2.05) is 44.2 Å². The van der Waals surface area contributed by atoms with E-state index in [0.717, 1.165) is 10.5 Å². The predicted octanol–water partition coefficient (Wildman–Crippen LogP) is 0.743. The van der Waals surface area contributed by atoms with Gasteiger partial charge in [0.25, 0.3) is 5.91 Å². The van der Waals surface area contributed by atoms with Gasteiger partial charge in [-0.2, -0.15) is 0 Å². The molecule has 4 amide bonds. The van der Waals surface area contributed by atoms with E-state index in [2.05, 4.69) is 20.6 Å². The van der Waals surface area contributed by atoms with Crippen LogP contribution in [0, 0.1) is 5.92 Å². The van der Waals surface area contributed by atoms with E-state index < -0.39 is 70.1 Å². The molecule has 0 bridgehead atoms. The summed E-state index contributed by atoms with van der Waals surface area (Å²) in [6.45, 7) is 3.61. The smallest absolute Gasteiger partial charge is 0.618 e. The van der Waals surface area contributed by atoms with Crippen LogP contribution in [0.4, 0.5) is 10.5 Å². The molecule has 2 heterocycles. The molecular formula is C32H41BN6O13P2. The van der Waals surface area contributed by atoms with Gasteiger partial charge in [-0.3, -0.25) is 23.8 Å². The highest BCUT2D eigenvalue weighted by Crippen LogP contribution is 2.55. The van der Waals surface area contributed by atoms with Gasteiger partial charge < -0.3 is 54.1 Å². The molecule has 0 radical (unpaired) electrons. The van der Waals surface area contributed by atoms with E-state index in [-0.39, 0.29) is 36.8 Å². The first-order valence-corrected chi connectivity index (χ1v) is 20.0. The summed E-state index contributed by atoms with van der Waals surface area (Å²) in [5.74, 6) is -2.07. The first-order valence-electron chi connectivity index (χ1n) is 16.7. The minimum Gasteiger partial charge on any atom is -0.777 e. The molecule has 0 saturated carbocycles. The van der Waals surface area contributed by atoms with Gasteiger partial charge in [0, 0.05) is 26.0 Å². The Morgan fingerprint density at radius 1 is 1.02 bits per heavy atom. The molecule has 7 N–H and O–H groups in total. The third-order valence-corrected chi connectivity index (χ3v) is 11.2. The average molecular weight is 790 g/mol. The number of aromatic amines is 1. The number of carbonyl (C=O) groups excluding carboxylic acids is 4. The number of H-pyrrole nitrogens is 1. The minimum atomic E-state index is -5.60. The Hall–Kier alpha value is -4.84. The Bertz CT molecular complexity index is 1860. The molecule has 4 atom stereocenters. The van der Waals surface area contributed by atoms with E-state index in [1.54, 1.807) is 23.6 Å². The van der Waals surface area contributed by atoms with Crippen LogP contribution in [0.15, 0.2) is 67.1 Å². The second-order valence-corrected chi connectivity index (χ2v) is 16.5. The van der Waals surface area contributed by atoms with E-state index in [0.29, 0.717) is 17.9 Å². The van der Waals surface area contributed by atoms with Crippen LogP contribution >= 0.6 is 15.2 Å². The van der Waals surface area contributed by atoms with Crippen molar-refractivity contribution in [2.75, 3.05) is 18.6 Å². The molecule has 0 spiro atoms. The largest absolute Gasteiger partial charge is 0.777 e. The van der Waals surface area contributed by atoms with Crippen molar-refractivity contribution in [3.63, 3.8) is 0 Å². The first-order chi connectivity index (χ1) is 25.4. The van der Waals surface area contributed by atoms with Gasteiger partial charge in [0.2, 0.25) is 11.8 Å². The number of fused-ring (bicyclic) bond motifs is 1. The molecule has 54 heavy (non-hydrogen) atoms. The first kappa shape index (κ1) is 41.9. The molecule has 290 valence electrons. The van der Waals surface area contributed by atoms with E-state index >= 15 is 0 Å². The summed E-state index contributed by atoms with van der Waals surface area (Å²) in [6.07, 6.45) is 3.59. The lowest BCUT2D eigenvalue weighted by atomic mass is 9.74. The summed E-state index contributed by atoms with van der Waals surface area (Å²) in [5.41, 5.74) is -1.54. The fourth-order valence-corrected chi connectivity index (χ4v) is 7.41. The van der Waals surface area contributed by atoms with Gasteiger partial charge in [-0.1, -0.05) is 44.2 Å². The van der Waals surface area contributed by atoms with Crippen LogP contribution in [-0.2, 0) is 29.9 Å². The quantitative estimate of drug-likeness (QED) is 0.0625. The van der Waals surface area contributed by atoms with Crippen molar-refractivity contribution < 1.29 is 66.9 Å². The minimum absolute atomic E-state index is 0.0931. The maximum atomic E-state index is 13.8. The van der Waals surface area contributed by atoms with Crippen molar-refractivity contribution >= 4 is 51.8 Å². The number of nitrogens with one attached hydrogen (secondary N) is 4. The lowest BCUT2D eigenvalue weighted by molar-refractivity contribution is -0.379. The number of aromatic nitrogens is 2. The van der Waals surface area contributed by atoms with Gasteiger partial charge in [0.1, 0.15) is 17.5 Å². The molecule has 22 heteroatoms. The van der Waals surface area contributed by atoms with Crippen LogP contribution in [0.5, 0.6) is 11.5 Å². The lowest BCUT2D eigenvalue weighted by Gasteiger charge is -2.28. The fourth-order valence-electron chi connectivity index (χ4n) is 5.27. The molecule has 19 nitrogen and oxygen atoms in total. The maximum Gasteiger partial charge on any atom is 0.618 e. The van der Waals surface area contributed by atoms with E-state index in [9.17, 15) is 33.2 Å². The molecule has 3 aromatic rings. The maximum absolute atomic E-state index is 13.8. The van der Waals surface area contributed by atoms with Crippen LogP contribution in [-0.4, -0.2) is 81.8 Å². The van der Waals surface area contributed by atoms with Gasteiger partial charge in [-0.25, -0.2) is 14.8 Å². The zero-order valence-corrected chi connectivity index (χ0v) is 31.3. The summed E-state index contributed by atoms with van der Waals surface area (Å²) < 4.78 is 39.9. The Kier molecular flexibility index (Phi) is 14.3.